The molecule has 0 radical (unpaired) electrons. The molecule has 7 heteroatoms. The second-order valence-electron chi connectivity index (χ2n) is 6.78. The third-order valence-electron chi connectivity index (χ3n) is 4.09. The van der Waals surface area contributed by atoms with Crippen LogP contribution in [0, 0.1) is 12.8 Å². The zero-order chi connectivity index (χ0) is 20.0. The molecule has 0 aliphatic heterocycles. The number of rotatable bonds is 8. The summed E-state index contributed by atoms with van der Waals surface area (Å²) in [6, 6.07) is 12.5. The van der Waals surface area contributed by atoms with E-state index in [4.69, 9.17) is 4.74 Å². The number of sulfonamides is 1. The third kappa shape index (κ3) is 5.80. The van der Waals surface area contributed by atoms with Gasteiger partial charge in [-0.25, -0.2) is 8.42 Å². The average Bonchev–Trinajstić information content (AvgIpc) is 2.62. The number of carbonyl (C=O) groups is 1. The van der Waals surface area contributed by atoms with Crippen molar-refractivity contribution in [2.45, 2.75) is 38.1 Å². The molecule has 0 aliphatic carbocycles. The number of nitrogens with one attached hydrogen (secondary N) is 2. The minimum absolute atomic E-state index is 0.0840. The molecule has 0 aliphatic rings. The van der Waals surface area contributed by atoms with Gasteiger partial charge in [0.1, 0.15) is 11.8 Å². The molecule has 6 nitrogen and oxygen atoms in total. The van der Waals surface area contributed by atoms with Crippen LogP contribution in [0.15, 0.2) is 53.4 Å². The van der Waals surface area contributed by atoms with Gasteiger partial charge in [0.05, 0.1) is 12.0 Å². The molecule has 1 atom stereocenters. The number of amides is 1. The number of methoxy groups -OCH3 is 1. The molecule has 2 aromatic rings. The number of hydrogen-bond donors (Lipinski definition) is 2. The lowest BCUT2D eigenvalue weighted by molar-refractivity contribution is -0.118. The van der Waals surface area contributed by atoms with Crippen LogP contribution in [0.2, 0.25) is 0 Å². The Morgan fingerprint density at radius 3 is 2.26 bits per heavy atom. The smallest absolute Gasteiger partial charge is 0.242 e. The maximum Gasteiger partial charge on any atom is 0.242 e. The quantitative estimate of drug-likeness (QED) is 0.724. The van der Waals surface area contributed by atoms with Crippen LogP contribution in [0.3, 0.4) is 0 Å². The lowest BCUT2D eigenvalue weighted by Crippen LogP contribution is -2.44. The number of ether oxygens (including phenoxy) is 1. The van der Waals surface area contributed by atoms with Crippen molar-refractivity contribution in [1.82, 2.24) is 4.72 Å². The van der Waals surface area contributed by atoms with E-state index in [-0.39, 0.29) is 16.7 Å². The van der Waals surface area contributed by atoms with Crippen LogP contribution in [-0.4, -0.2) is 27.5 Å². The van der Waals surface area contributed by atoms with Crippen LogP contribution < -0.4 is 14.8 Å². The molecule has 0 heterocycles. The highest BCUT2D eigenvalue weighted by Crippen LogP contribution is 2.18. The largest absolute Gasteiger partial charge is 0.497 e. The molecule has 146 valence electrons. The van der Waals surface area contributed by atoms with E-state index in [1.54, 1.807) is 18.2 Å². The van der Waals surface area contributed by atoms with E-state index in [2.05, 4.69) is 10.0 Å². The Balaban J connectivity index is 2.21. The van der Waals surface area contributed by atoms with Gasteiger partial charge in [0, 0.05) is 5.69 Å². The summed E-state index contributed by atoms with van der Waals surface area (Å²) in [6.07, 6.45) is 0.382. The van der Waals surface area contributed by atoms with Gasteiger partial charge in [-0.2, -0.15) is 4.72 Å². The van der Waals surface area contributed by atoms with Gasteiger partial charge in [-0.15, -0.1) is 0 Å². The van der Waals surface area contributed by atoms with E-state index >= 15 is 0 Å². The highest BCUT2D eigenvalue weighted by molar-refractivity contribution is 7.89. The number of benzene rings is 2. The van der Waals surface area contributed by atoms with Gasteiger partial charge in [0.15, 0.2) is 0 Å². The van der Waals surface area contributed by atoms with Crippen LogP contribution in [-0.2, 0) is 14.8 Å². The summed E-state index contributed by atoms with van der Waals surface area (Å²) >= 11 is 0. The Kier molecular flexibility index (Phi) is 6.98. The number of aryl methyl sites for hydroxylation is 1. The zero-order valence-electron chi connectivity index (χ0n) is 16.0. The Morgan fingerprint density at radius 1 is 1.07 bits per heavy atom. The van der Waals surface area contributed by atoms with Crippen molar-refractivity contribution in [3.63, 3.8) is 0 Å². The van der Waals surface area contributed by atoms with Gasteiger partial charge in [0.25, 0.3) is 0 Å². The third-order valence-corrected chi connectivity index (χ3v) is 5.58. The molecule has 0 fully saturated rings. The first-order valence-electron chi connectivity index (χ1n) is 8.76. The number of carbonyl (C=O) groups excluding carboxylic acids is 1. The molecule has 0 unspecified atom stereocenters. The first-order chi connectivity index (χ1) is 12.7. The fourth-order valence-corrected chi connectivity index (χ4v) is 3.83. The molecular weight excluding hydrogens is 364 g/mol. The van der Waals surface area contributed by atoms with Crippen molar-refractivity contribution in [2.75, 3.05) is 12.4 Å². The standard InChI is InChI=1S/C20H26N2O4S/c1-14(2)13-19(20(23)21-18-8-6-5-7-15(18)3)22-27(24,25)17-11-9-16(26-4)10-12-17/h5-12,14,19,22H,13H2,1-4H3,(H,21,23)/t19-/m0/s1. The van der Waals surface area contributed by atoms with E-state index in [9.17, 15) is 13.2 Å². The molecule has 0 aromatic heterocycles. The molecule has 2 N–H and O–H groups in total. The maximum absolute atomic E-state index is 12.8. The van der Waals surface area contributed by atoms with Crippen molar-refractivity contribution >= 4 is 21.6 Å². The summed E-state index contributed by atoms with van der Waals surface area (Å²) in [5, 5.41) is 2.82. The summed E-state index contributed by atoms with van der Waals surface area (Å²) in [4.78, 5) is 12.8. The summed E-state index contributed by atoms with van der Waals surface area (Å²) in [5.41, 5.74) is 1.58. The van der Waals surface area contributed by atoms with E-state index in [0.717, 1.165) is 5.56 Å². The molecule has 1 amide bonds. The first kappa shape index (κ1) is 20.9. The SMILES string of the molecule is COc1ccc(S(=O)(=O)N[C@@H](CC(C)C)C(=O)Nc2ccccc2C)cc1. The Morgan fingerprint density at radius 2 is 1.70 bits per heavy atom. The molecule has 0 spiro atoms. The highest BCUT2D eigenvalue weighted by Gasteiger charge is 2.27. The lowest BCUT2D eigenvalue weighted by atomic mass is 10.0. The van der Waals surface area contributed by atoms with Crippen LogP contribution >= 0.6 is 0 Å². The molecule has 2 aromatic carbocycles. The van der Waals surface area contributed by atoms with E-state index < -0.39 is 16.1 Å². The Labute approximate surface area is 161 Å². The fraction of sp³-hybridized carbons (Fsp3) is 0.350. The van der Waals surface area contributed by atoms with Crippen molar-refractivity contribution in [3.8, 4) is 5.75 Å². The predicted octanol–water partition coefficient (Wildman–Crippen LogP) is 3.34. The van der Waals surface area contributed by atoms with E-state index in [1.807, 2.05) is 39.0 Å². The van der Waals surface area contributed by atoms with Crippen molar-refractivity contribution < 1.29 is 17.9 Å². The van der Waals surface area contributed by atoms with Crippen LogP contribution in [0.1, 0.15) is 25.8 Å². The number of para-hydroxylation sites is 1. The van der Waals surface area contributed by atoms with Gasteiger partial charge in [0.2, 0.25) is 15.9 Å². The predicted molar refractivity (Wildman–Crippen MR) is 106 cm³/mol. The van der Waals surface area contributed by atoms with Gasteiger partial charge in [-0.1, -0.05) is 32.0 Å². The normalized spacial score (nSPS) is 12.6. The molecule has 27 heavy (non-hydrogen) atoms. The summed E-state index contributed by atoms with van der Waals surface area (Å²) in [6.45, 7) is 5.76. The monoisotopic (exact) mass is 390 g/mol. The maximum atomic E-state index is 12.8. The summed E-state index contributed by atoms with van der Waals surface area (Å²) in [7, 11) is -2.33. The highest BCUT2D eigenvalue weighted by atomic mass is 32.2. The van der Waals surface area contributed by atoms with Gasteiger partial charge < -0.3 is 10.1 Å². The van der Waals surface area contributed by atoms with E-state index in [1.165, 1.54) is 19.2 Å². The summed E-state index contributed by atoms with van der Waals surface area (Å²) in [5.74, 6) is 0.316. The minimum Gasteiger partial charge on any atom is -0.497 e. The first-order valence-corrected chi connectivity index (χ1v) is 10.2. The van der Waals surface area contributed by atoms with Gasteiger partial charge in [-0.05, 0) is 55.2 Å². The van der Waals surface area contributed by atoms with Crippen molar-refractivity contribution in [2.24, 2.45) is 5.92 Å². The van der Waals surface area contributed by atoms with Gasteiger partial charge in [-0.3, -0.25) is 4.79 Å². The number of hydrogen-bond acceptors (Lipinski definition) is 4. The van der Waals surface area contributed by atoms with Crippen molar-refractivity contribution in [3.05, 3.63) is 54.1 Å². The zero-order valence-corrected chi connectivity index (χ0v) is 16.8. The minimum atomic E-state index is -3.84. The molecule has 2 rings (SSSR count). The lowest BCUT2D eigenvalue weighted by Gasteiger charge is -2.21. The topological polar surface area (TPSA) is 84.5 Å². The van der Waals surface area contributed by atoms with Crippen molar-refractivity contribution in [1.29, 1.82) is 0 Å². The van der Waals surface area contributed by atoms with Gasteiger partial charge >= 0.3 is 0 Å². The molecule has 0 saturated carbocycles. The second-order valence-corrected chi connectivity index (χ2v) is 8.50. The van der Waals surface area contributed by atoms with Crippen LogP contribution in [0.25, 0.3) is 0 Å². The second kappa shape index (κ2) is 9.01. The fourth-order valence-electron chi connectivity index (χ4n) is 2.62. The Hall–Kier alpha value is -2.38. The molecule has 0 bridgehead atoms. The number of anilines is 1. The Bertz CT molecular complexity index is 877. The molecular formula is C20H26N2O4S. The van der Waals surface area contributed by atoms with E-state index in [0.29, 0.717) is 17.9 Å². The average molecular weight is 391 g/mol. The molecule has 0 saturated heterocycles. The van der Waals surface area contributed by atoms with Crippen LogP contribution in [0.4, 0.5) is 5.69 Å². The summed E-state index contributed by atoms with van der Waals surface area (Å²) < 4.78 is 33.0. The van der Waals surface area contributed by atoms with Crippen LogP contribution in [0.5, 0.6) is 5.75 Å².